The molecule has 0 aromatic carbocycles. The summed E-state index contributed by atoms with van der Waals surface area (Å²) in [4.78, 5) is 6.93. The molecule has 1 rings (SSSR count). The summed E-state index contributed by atoms with van der Waals surface area (Å²) in [6.07, 6.45) is 4.66. The molecule has 0 saturated carbocycles. The highest BCUT2D eigenvalue weighted by Gasteiger charge is 1.97. The molecule has 0 amide bonds. The lowest BCUT2D eigenvalue weighted by molar-refractivity contribution is 0.397. The quantitative estimate of drug-likeness (QED) is 0.329. The summed E-state index contributed by atoms with van der Waals surface area (Å²) < 4.78 is 5.02. The van der Waals surface area contributed by atoms with E-state index in [-0.39, 0.29) is 0 Å². The molecule has 0 radical (unpaired) electrons. The SMILES string of the molecule is COc1ccc(C=CCCN=[N+]=[N-])c(C)n1. The summed E-state index contributed by atoms with van der Waals surface area (Å²) in [5, 5.41) is 3.45. The molecule has 16 heavy (non-hydrogen) atoms. The van der Waals surface area contributed by atoms with Crippen molar-refractivity contribution in [1.82, 2.24) is 4.98 Å². The van der Waals surface area contributed by atoms with E-state index in [1.54, 1.807) is 7.11 Å². The van der Waals surface area contributed by atoms with Gasteiger partial charge in [0.15, 0.2) is 0 Å². The second kappa shape index (κ2) is 6.48. The second-order valence-electron chi connectivity index (χ2n) is 3.17. The smallest absolute Gasteiger partial charge is 0.213 e. The molecular weight excluding hydrogens is 204 g/mol. The van der Waals surface area contributed by atoms with E-state index in [9.17, 15) is 0 Å². The number of hydrogen-bond acceptors (Lipinski definition) is 3. The Morgan fingerprint density at radius 1 is 1.56 bits per heavy atom. The second-order valence-corrected chi connectivity index (χ2v) is 3.17. The van der Waals surface area contributed by atoms with E-state index in [1.807, 2.05) is 31.2 Å². The zero-order valence-corrected chi connectivity index (χ0v) is 9.42. The van der Waals surface area contributed by atoms with Gasteiger partial charge >= 0.3 is 0 Å². The molecule has 84 valence electrons. The Kier molecular flexibility index (Phi) is 4.89. The Morgan fingerprint density at radius 3 is 3.00 bits per heavy atom. The van der Waals surface area contributed by atoms with Crippen LogP contribution in [0, 0.1) is 6.92 Å². The van der Waals surface area contributed by atoms with Crippen molar-refractivity contribution < 1.29 is 4.74 Å². The maximum Gasteiger partial charge on any atom is 0.213 e. The van der Waals surface area contributed by atoms with Crippen molar-refractivity contribution in [3.05, 3.63) is 39.9 Å². The third-order valence-electron chi connectivity index (χ3n) is 2.07. The van der Waals surface area contributed by atoms with Crippen LogP contribution in [0.4, 0.5) is 0 Å². The maximum atomic E-state index is 8.09. The minimum absolute atomic E-state index is 0.482. The Morgan fingerprint density at radius 2 is 2.38 bits per heavy atom. The Hall–Kier alpha value is -2.00. The maximum absolute atomic E-state index is 8.09. The minimum Gasteiger partial charge on any atom is -0.481 e. The highest BCUT2D eigenvalue weighted by molar-refractivity contribution is 5.52. The normalized spacial score (nSPS) is 10.1. The number of pyridine rings is 1. The fourth-order valence-electron chi connectivity index (χ4n) is 1.23. The summed E-state index contributed by atoms with van der Waals surface area (Å²) in [5.74, 6) is 0.615. The summed E-state index contributed by atoms with van der Waals surface area (Å²) >= 11 is 0. The molecule has 1 aromatic heterocycles. The third-order valence-corrected chi connectivity index (χ3v) is 2.07. The first kappa shape index (κ1) is 12.1. The lowest BCUT2D eigenvalue weighted by Crippen LogP contribution is -1.91. The van der Waals surface area contributed by atoms with Gasteiger partial charge in [-0.15, -0.1) is 0 Å². The highest BCUT2D eigenvalue weighted by atomic mass is 16.5. The molecule has 0 bridgehead atoms. The summed E-state index contributed by atoms with van der Waals surface area (Å²) in [5.41, 5.74) is 10.1. The van der Waals surface area contributed by atoms with Gasteiger partial charge in [0.1, 0.15) is 0 Å². The fraction of sp³-hybridized carbons (Fsp3) is 0.364. The fourth-order valence-corrected chi connectivity index (χ4v) is 1.23. The van der Waals surface area contributed by atoms with E-state index in [0.29, 0.717) is 12.4 Å². The summed E-state index contributed by atoms with van der Waals surface area (Å²) in [7, 11) is 1.59. The molecule has 5 nitrogen and oxygen atoms in total. The molecule has 0 aliphatic carbocycles. The predicted octanol–water partition coefficient (Wildman–Crippen LogP) is 3.11. The van der Waals surface area contributed by atoms with Crippen molar-refractivity contribution in [2.45, 2.75) is 13.3 Å². The first-order valence-corrected chi connectivity index (χ1v) is 4.97. The van der Waals surface area contributed by atoms with Crippen molar-refractivity contribution >= 4 is 6.08 Å². The van der Waals surface area contributed by atoms with Gasteiger partial charge in [0, 0.05) is 23.2 Å². The molecule has 0 aliphatic heterocycles. The van der Waals surface area contributed by atoms with Gasteiger partial charge in [-0.3, -0.25) is 0 Å². The molecule has 1 heterocycles. The van der Waals surface area contributed by atoms with Crippen molar-refractivity contribution in [2.24, 2.45) is 5.11 Å². The van der Waals surface area contributed by atoms with Crippen molar-refractivity contribution in [2.75, 3.05) is 13.7 Å². The summed E-state index contributed by atoms with van der Waals surface area (Å²) in [6.45, 7) is 2.41. The number of aromatic nitrogens is 1. The van der Waals surface area contributed by atoms with Crippen LogP contribution in [0.1, 0.15) is 17.7 Å². The van der Waals surface area contributed by atoms with Gasteiger partial charge in [0.25, 0.3) is 0 Å². The highest BCUT2D eigenvalue weighted by Crippen LogP contribution is 2.13. The lowest BCUT2D eigenvalue weighted by atomic mass is 10.2. The van der Waals surface area contributed by atoms with Crippen LogP contribution in [0.2, 0.25) is 0 Å². The average Bonchev–Trinajstić information content (AvgIpc) is 2.30. The van der Waals surface area contributed by atoms with Gasteiger partial charge < -0.3 is 4.74 Å². The van der Waals surface area contributed by atoms with Crippen LogP contribution in [0.3, 0.4) is 0 Å². The van der Waals surface area contributed by atoms with Crippen molar-refractivity contribution in [3.63, 3.8) is 0 Å². The Labute approximate surface area is 94.4 Å². The van der Waals surface area contributed by atoms with E-state index in [4.69, 9.17) is 10.3 Å². The monoisotopic (exact) mass is 218 g/mol. The van der Waals surface area contributed by atoms with Gasteiger partial charge in [-0.05, 0) is 30.5 Å². The topological polar surface area (TPSA) is 70.9 Å². The average molecular weight is 218 g/mol. The van der Waals surface area contributed by atoms with Crippen molar-refractivity contribution in [3.8, 4) is 5.88 Å². The molecule has 0 saturated heterocycles. The standard InChI is InChI=1S/C11H14N4O/c1-9-10(5-3-4-8-13-15-12)6-7-11(14-9)16-2/h3,5-7H,4,8H2,1-2H3. The molecule has 5 heteroatoms. The third kappa shape index (κ3) is 3.63. The first-order valence-electron chi connectivity index (χ1n) is 4.97. The van der Waals surface area contributed by atoms with Crippen LogP contribution in [0.5, 0.6) is 5.88 Å². The van der Waals surface area contributed by atoms with E-state index < -0.39 is 0 Å². The van der Waals surface area contributed by atoms with Crippen molar-refractivity contribution in [1.29, 1.82) is 0 Å². The molecule has 0 atom stereocenters. The number of methoxy groups -OCH3 is 1. The molecule has 0 fully saturated rings. The molecule has 0 aliphatic rings. The van der Waals surface area contributed by atoms with Crippen LogP contribution >= 0.6 is 0 Å². The molecule has 0 spiro atoms. The molecule has 1 aromatic rings. The number of ether oxygens (including phenoxy) is 1. The number of aryl methyl sites for hydroxylation is 1. The van der Waals surface area contributed by atoms with Gasteiger partial charge in [-0.25, -0.2) is 4.98 Å². The Bertz CT molecular complexity index is 422. The van der Waals surface area contributed by atoms with E-state index in [2.05, 4.69) is 15.0 Å². The largest absolute Gasteiger partial charge is 0.481 e. The number of hydrogen-bond donors (Lipinski definition) is 0. The number of rotatable bonds is 5. The van der Waals surface area contributed by atoms with Crippen LogP contribution < -0.4 is 4.74 Å². The molecular formula is C11H14N4O. The predicted molar refractivity (Wildman–Crippen MR) is 63.2 cm³/mol. The number of nitrogens with zero attached hydrogens (tertiary/aromatic N) is 4. The van der Waals surface area contributed by atoms with Gasteiger partial charge in [0.05, 0.1) is 7.11 Å². The van der Waals surface area contributed by atoms with E-state index in [1.165, 1.54) is 0 Å². The summed E-state index contributed by atoms with van der Waals surface area (Å²) in [6, 6.07) is 3.77. The lowest BCUT2D eigenvalue weighted by Gasteiger charge is -2.02. The van der Waals surface area contributed by atoms with Crippen LogP contribution in [0.25, 0.3) is 16.5 Å². The zero-order chi connectivity index (χ0) is 11.8. The van der Waals surface area contributed by atoms with E-state index >= 15 is 0 Å². The van der Waals surface area contributed by atoms with Crippen LogP contribution in [0.15, 0.2) is 23.3 Å². The minimum atomic E-state index is 0.482. The zero-order valence-electron chi connectivity index (χ0n) is 9.42. The van der Waals surface area contributed by atoms with Gasteiger partial charge in [0.2, 0.25) is 5.88 Å². The first-order chi connectivity index (χ1) is 7.77. The van der Waals surface area contributed by atoms with Crippen LogP contribution in [-0.2, 0) is 0 Å². The van der Waals surface area contributed by atoms with Crippen LogP contribution in [-0.4, -0.2) is 18.6 Å². The number of azide groups is 1. The Balaban J connectivity index is 2.63. The van der Waals surface area contributed by atoms with Gasteiger partial charge in [-0.1, -0.05) is 17.3 Å². The van der Waals surface area contributed by atoms with Gasteiger partial charge in [-0.2, -0.15) is 0 Å². The molecule has 0 N–H and O–H groups in total. The molecule has 0 unspecified atom stereocenters. The van der Waals surface area contributed by atoms with E-state index in [0.717, 1.165) is 17.7 Å².